The molecule has 13 heteroatoms. The molecule has 44 heavy (non-hydrogen) atoms. The monoisotopic (exact) mass is 626 g/mol. The third-order valence-electron chi connectivity index (χ3n) is 8.16. The van der Waals surface area contributed by atoms with Crippen LogP contribution < -0.4 is 9.64 Å². The normalized spacial score (nSPS) is 20.6. The predicted octanol–water partition coefficient (Wildman–Crippen LogP) is 5.59. The molecule has 2 aromatic heterocycles. The van der Waals surface area contributed by atoms with Gasteiger partial charge in [0.25, 0.3) is 0 Å². The zero-order chi connectivity index (χ0) is 31.0. The van der Waals surface area contributed by atoms with Crippen LogP contribution in [0.3, 0.4) is 0 Å². The number of halogens is 2. The van der Waals surface area contributed by atoms with Gasteiger partial charge in [-0.1, -0.05) is 41.9 Å². The van der Waals surface area contributed by atoms with E-state index in [-0.39, 0.29) is 53.7 Å². The van der Waals surface area contributed by atoms with Gasteiger partial charge in [0.2, 0.25) is 0 Å². The molecule has 1 aromatic carbocycles. The van der Waals surface area contributed by atoms with E-state index in [1.54, 1.807) is 4.90 Å². The number of carbonyl (C=O) groups is 2. The first-order valence-corrected chi connectivity index (χ1v) is 15.3. The number of nitrogens with zero attached hydrogens (tertiary/aromatic N) is 6. The molecule has 0 saturated carbocycles. The number of pyridine rings is 1. The number of rotatable bonds is 5. The van der Waals surface area contributed by atoms with Crippen molar-refractivity contribution in [1.82, 2.24) is 24.8 Å². The van der Waals surface area contributed by atoms with E-state index in [4.69, 9.17) is 30.8 Å². The molecule has 3 aromatic rings. The van der Waals surface area contributed by atoms with Gasteiger partial charge in [-0.15, -0.1) is 0 Å². The molecule has 3 aliphatic rings. The summed E-state index contributed by atoms with van der Waals surface area (Å²) in [7, 11) is 0. The molecule has 3 aliphatic heterocycles. The summed E-state index contributed by atoms with van der Waals surface area (Å²) < 4.78 is 32.6. The number of ether oxygens (including phenoxy) is 3. The third-order valence-corrected chi connectivity index (χ3v) is 8.43. The van der Waals surface area contributed by atoms with Crippen LogP contribution in [0.2, 0.25) is 5.15 Å². The molecule has 0 N–H and O–H groups in total. The average molecular weight is 627 g/mol. The van der Waals surface area contributed by atoms with E-state index in [2.05, 4.69) is 9.97 Å². The lowest BCUT2D eigenvalue weighted by atomic mass is 10.1. The average Bonchev–Trinajstić information content (AvgIpc) is 3.27. The fourth-order valence-corrected chi connectivity index (χ4v) is 6.24. The Labute approximate surface area is 260 Å². The van der Waals surface area contributed by atoms with Gasteiger partial charge in [0.05, 0.1) is 17.5 Å². The van der Waals surface area contributed by atoms with Gasteiger partial charge in [-0.2, -0.15) is 9.97 Å². The minimum absolute atomic E-state index is 0.0221. The lowest BCUT2D eigenvalue weighted by molar-refractivity contribution is 0.0122. The molecule has 234 valence electrons. The summed E-state index contributed by atoms with van der Waals surface area (Å²) in [6, 6.07) is 9.40. The molecule has 2 bridgehead atoms. The molecule has 2 unspecified atom stereocenters. The third kappa shape index (κ3) is 6.45. The summed E-state index contributed by atoms with van der Waals surface area (Å²) in [4.78, 5) is 44.3. The predicted molar refractivity (Wildman–Crippen MR) is 161 cm³/mol. The van der Waals surface area contributed by atoms with Crippen LogP contribution in [-0.4, -0.2) is 86.9 Å². The van der Waals surface area contributed by atoms with Crippen molar-refractivity contribution in [3.63, 3.8) is 0 Å². The van der Waals surface area contributed by atoms with Crippen LogP contribution in [0.1, 0.15) is 52.0 Å². The molecule has 0 radical (unpaired) electrons. The Morgan fingerprint density at radius 3 is 2.34 bits per heavy atom. The van der Waals surface area contributed by atoms with Crippen molar-refractivity contribution in [3.05, 3.63) is 53.1 Å². The summed E-state index contributed by atoms with van der Waals surface area (Å²) in [6.07, 6.45) is 3.23. The van der Waals surface area contributed by atoms with Crippen molar-refractivity contribution in [3.8, 4) is 6.01 Å². The van der Waals surface area contributed by atoms with E-state index in [0.717, 1.165) is 18.4 Å². The topological polar surface area (TPSA) is 110 Å². The lowest BCUT2D eigenvalue weighted by Crippen LogP contribution is -2.57. The molecule has 6 rings (SSSR count). The Morgan fingerprint density at radius 1 is 1.00 bits per heavy atom. The second-order valence-electron chi connectivity index (χ2n) is 12.5. The van der Waals surface area contributed by atoms with Crippen molar-refractivity contribution in [2.75, 3.05) is 31.1 Å². The molecule has 0 aliphatic carbocycles. The highest BCUT2D eigenvalue weighted by molar-refractivity contribution is 6.30. The maximum absolute atomic E-state index is 15.2. The van der Waals surface area contributed by atoms with Crippen LogP contribution >= 0.6 is 11.6 Å². The van der Waals surface area contributed by atoms with E-state index < -0.39 is 11.4 Å². The molecule has 0 spiro atoms. The van der Waals surface area contributed by atoms with Gasteiger partial charge in [-0.25, -0.2) is 19.0 Å². The number of piperidine rings is 1. The maximum atomic E-state index is 15.2. The van der Waals surface area contributed by atoms with Crippen molar-refractivity contribution in [2.45, 2.75) is 76.9 Å². The van der Waals surface area contributed by atoms with Crippen molar-refractivity contribution in [1.29, 1.82) is 0 Å². The Hall–Kier alpha value is -3.93. The van der Waals surface area contributed by atoms with Gasteiger partial charge in [-0.3, -0.25) is 4.90 Å². The molecule has 11 nitrogen and oxygen atoms in total. The number of hydrogen-bond acceptors (Lipinski definition) is 9. The summed E-state index contributed by atoms with van der Waals surface area (Å²) in [6.45, 7) is 7.64. The molecule has 3 fully saturated rings. The molecule has 3 saturated heterocycles. The quantitative estimate of drug-likeness (QED) is 0.335. The molecule has 5 heterocycles. The second-order valence-corrected chi connectivity index (χ2v) is 12.8. The second kappa shape index (κ2) is 12.2. The number of anilines is 1. The highest BCUT2D eigenvalue weighted by Gasteiger charge is 2.45. The Kier molecular flexibility index (Phi) is 8.36. The van der Waals surface area contributed by atoms with Crippen LogP contribution in [0.4, 0.5) is 19.8 Å². The summed E-state index contributed by atoms with van der Waals surface area (Å²) in [5.74, 6) is -0.264. The zero-order valence-corrected chi connectivity index (χ0v) is 25.8. The fourth-order valence-electron chi connectivity index (χ4n) is 6.10. The molecule has 2 amide bonds. The van der Waals surface area contributed by atoms with Gasteiger partial charge in [0, 0.05) is 45.2 Å². The number of carbonyl (C=O) groups excluding carboxylic acids is 2. The standard InChI is InChI=1S/C31H36ClFN6O5/c1-31(2,3)44-30(41)39-20-9-10-21(39)17-38(16-20)27-23-15-34-26(32)24(33)25(23)35-28(36-27)43-22-11-13-37(14-12-22)29(40)42-18-19-7-5-4-6-8-19/h4-8,15,20-22H,9-14,16-18H2,1-3H3. The Bertz CT molecular complexity index is 1520. The number of amides is 2. The maximum Gasteiger partial charge on any atom is 0.410 e. The number of fused-ring (bicyclic) bond motifs is 3. The van der Waals surface area contributed by atoms with Gasteiger partial charge >= 0.3 is 18.2 Å². The van der Waals surface area contributed by atoms with E-state index >= 15 is 4.39 Å². The SMILES string of the molecule is CC(C)(C)OC(=O)N1C2CCC1CN(c1nc(OC3CCN(C(=O)OCc4ccccc4)CC3)nc3c(F)c(Cl)ncc13)C2. The Balaban J connectivity index is 1.16. The van der Waals surface area contributed by atoms with Crippen LogP contribution in [-0.2, 0) is 16.1 Å². The van der Waals surface area contributed by atoms with Gasteiger partial charge in [0.15, 0.2) is 11.0 Å². The minimum atomic E-state index is -0.746. The highest BCUT2D eigenvalue weighted by Crippen LogP contribution is 2.37. The summed E-state index contributed by atoms with van der Waals surface area (Å²) >= 11 is 6.04. The lowest BCUT2D eigenvalue weighted by Gasteiger charge is -2.42. The van der Waals surface area contributed by atoms with Crippen LogP contribution in [0.15, 0.2) is 36.5 Å². The molecular weight excluding hydrogens is 591 g/mol. The van der Waals surface area contributed by atoms with E-state index in [0.29, 0.717) is 50.2 Å². The molecular formula is C31H36ClFN6O5. The van der Waals surface area contributed by atoms with Crippen molar-refractivity contribution >= 4 is 40.5 Å². The van der Waals surface area contributed by atoms with Crippen LogP contribution in [0, 0.1) is 5.82 Å². The zero-order valence-electron chi connectivity index (χ0n) is 25.0. The number of likely N-dealkylation sites (tertiary alicyclic amines) is 1. The van der Waals surface area contributed by atoms with Crippen molar-refractivity contribution < 1.29 is 28.2 Å². The minimum Gasteiger partial charge on any atom is -0.460 e. The largest absolute Gasteiger partial charge is 0.460 e. The van der Waals surface area contributed by atoms with E-state index in [1.165, 1.54) is 6.20 Å². The first-order valence-electron chi connectivity index (χ1n) is 15.0. The number of piperazine rings is 1. The van der Waals surface area contributed by atoms with Crippen LogP contribution in [0.5, 0.6) is 6.01 Å². The van der Waals surface area contributed by atoms with Crippen LogP contribution in [0.25, 0.3) is 10.9 Å². The van der Waals surface area contributed by atoms with E-state index in [9.17, 15) is 9.59 Å². The first kappa shape index (κ1) is 30.1. The van der Waals surface area contributed by atoms with Gasteiger partial charge in [-0.05, 0) is 39.2 Å². The first-order chi connectivity index (χ1) is 21.1. The number of benzene rings is 1. The van der Waals surface area contributed by atoms with E-state index in [1.807, 2.05) is 60.9 Å². The summed E-state index contributed by atoms with van der Waals surface area (Å²) in [5, 5.41) is 0.130. The number of aromatic nitrogens is 3. The van der Waals surface area contributed by atoms with Gasteiger partial charge in [0.1, 0.15) is 29.6 Å². The smallest absolute Gasteiger partial charge is 0.410 e. The fraction of sp³-hybridized carbons (Fsp3) is 0.516. The molecule has 2 atom stereocenters. The number of hydrogen-bond donors (Lipinski definition) is 0. The summed E-state index contributed by atoms with van der Waals surface area (Å²) in [5.41, 5.74) is 0.350. The highest BCUT2D eigenvalue weighted by atomic mass is 35.5. The van der Waals surface area contributed by atoms with Crippen molar-refractivity contribution in [2.24, 2.45) is 0 Å². The van der Waals surface area contributed by atoms with Gasteiger partial charge < -0.3 is 24.0 Å². The Morgan fingerprint density at radius 2 is 1.68 bits per heavy atom.